The molecule has 2 amide bonds. The number of hydrogen-bond acceptors (Lipinski definition) is 3. The van der Waals surface area contributed by atoms with Crippen LogP contribution in [-0.4, -0.2) is 56.6 Å². The Morgan fingerprint density at radius 3 is 2.41 bits per heavy atom. The van der Waals surface area contributed by atoms with E-state index in [1.54, 1.807) is 25.9 Å². The summed E-state index contributed by atoms with van der Waals surface area (Å²) >= 11 is 0. The fourth-order valence-corrected chi connectivity index (χ4v) is 2.77. The molecule has 0 fully saturated rings. The summed E-state index contributed by atoms with van der Waals surface area (Å²) in [7, 11) is 0.144. The predicted octanol–water partition coefficient (Wildman–Crippen LogP) is 1.50. The van der Waals surface area contributed by atoms with E-state index in [4.69, 9.17) is 0 Å². The number of amides is 2. The summed E-state index contributed by atoms with van der Waals surface area (Å²) in [6, 6.07) is 9.58. The van der Waals surface area contributed by atoms with Gasteiger partial charge in [-0.05, 0) is 18.9 Å². The lowest BCUT2D eigenvalue weighted by molar-refractivity contribution is 0.206. The maximum atomic E-state index is 11.9. The minimum Gasteiger partial charge on any atom is -0.338 e. The van der Waals surface area contributed by atoms with Gasteiger partial charge in [-0.1, -0.05) is 30.3 Å². The third-order valence-electron chi connectivity index (χ3n) is 3.37. The summed E-state index contributed by atoms with van der Waals surface area (Å²) in [4.78, 5) is 13.5. The molecule has 0 unspecified atom stereocenters. The van der Waals surface area contributed by atoms with Crippen molar-refractivity contribution in [3.05, 3.63) is 35.9 Å². The first-order chi connectivity index (χ1) is 10.4. The number of carbonyl (C=O) groups is 1. The molecule has 0 spiro atoms. The lowest BCUT2D eigenvalue weighted by Gasteiger charge is -2.19. The van der Waals surface area contributed by atoms with E-state index in [0.29, 0.717) is 26.1 Å². The fourth-order valence-electron chi connectivity index (χ4n) is 1.92. The van der Waals surface area contributed by atoms with Crippen LogP contribution in [0.1, 0.15) is 18.9 Å². The van der Waals surface area contributed by atoms with Crippen LogP contribution in [0, 0.1) is 0 Å². The van der Waals surface area contributed by atoms with E-state index in [2.05, 4.69) is 5.32 Å². The van der Waals surface area contributed by atoms with Crippen molar-refractivity contribution in [3.8, 4) is 0 Å². The van der Waals surface area contributed by atoms with Gasteiger partial charge in [0.2, 0.25) is 10.0 Å². The van der Waals surface area contributed by atoms with Gasteiger partial charge in [-0.25, -0.2) is 17.5 Å². The number of rotatable bonds is 8. The van der Waals surface area contributed by atoms with Gasteiger partial charge in [0.1, 0.15) is 0 Å². The minimum absolute atomic E-state index is 0.0929. The highest BCUT2D eigenvalue weighted by atomic mass is 32.2. The van der Waals surface area contributed by atoms with Crippen molar-refractivity contribution in [2.45, 2.75) is 19.9 Å². The average molecular weight is 327 g/mol. The van der Waals surface area contributed by atoms with Gasteiger partial charge in [-0.3, -0.25) is 0 Å². The van der Waals surface area contributed by atoms with Crippen LogP contribution in [0.15, 0.2) is 30.3 Å². The number of urea groups is 1. The second-order valence-corrected chi connectivity index (χ2v) is 7.51. The lowest BCUT2D eigenvalue weighted by atomic mass is 10.2. The first kappa shape index (κ1) is 18.4. The van der Waals surface area contributed by atoms with Crippen LogP contribution in [0.25, 0.3) is 0 Å². The van der Waals surface area contributed by atoms with E-state index in [1.165, 1.54) is 4.31 Å². The van der Waals surface area contributed by atoms with Crippen molar-refractivity contribution in [2.24, 2.45) is 0 Å². The highest BCUT2D eigenvalue weighted by Gasteiger charge is 2.14. The molecule has 1 rings (SSSR count). The monoisotopic (exact) mass is 327 g/mol. The van der Waals surface area contributed by atoms with Gasteiger partial charge in [0, 0.05) is 33.7 Å². The first-order valence-electron chi connectivity index (χ1n) is 7.33. The molecule has 0 radical (unpaired) electrons. The molecular formula is C15H25N3O3S. The normalized spacial score (nSPS) is 11.5. The van der Waals surface area contributed by atoms with E-state index in [9.17, 15) is 13.2 Å². The summed E-state index contributed by atoms with van der Waals surface area (Å²) in [5.74, 6) is 0.0929. The summed E-state index contributed by atoms with van der Waals surface area (Å²) in [5.41, 5.74) is 1.06. The molecule has 6 nitrogen and oxygen atoms in total. The van der Waals surface area contributed by atoms with Crippen molar-refractivity contribution in [3.63, 3.8) is 0 Å². The highest BCUT2D eigenvalue weighted by Crippen LogP contribution is 2.03. The molecule has 0 aromatic heterocycles. The Morgan fingerprint density at radius 1 is 1.18 bits per heavy atom. The molecule has 0 aliphatic heterocycles. The lowest BCUT2D eigenvalue weighted by Crippen LogP contribution is -2.38. The maximum absolute atomic E-state index is 11.9. The van der Waals surface area contributed by atoms with Crippen LogP contribution in [0.2, 0.25) is 0 Å². The van der Waals surface area contributed by atoms with E-state index >= 15 is 0 Å². The van der Waals surface area contributed by atoms with Gasteiger partial charge < -0.3 is 10.2 Å². The number of nitrogens with zero attached hydrogens (tertiary/aromatic N) is 2. The summed E-state index contributed by atoms with van der Waals surface area (Å²) < 4.78 is 24.5. The molecular weight excluding hydrogens is 302 g/mol. The number of benzene rings is 1. The minimum atomic E-state index is -3.15. The zero-order chi connectivity index (χ0) is 16.6. The molecule has 124 valence electrons. The molecule has 0 bridgehead atoms. The van der Waals surface area contributed by atoms with E-state index in [1.807, 2.05) is 30.3 Å². The van der Waals surface area contributed by atoms with Crippen LogP contribution in [0.4, 0.5) is 4.79 Å². The molecule has 1 N–H and O–H groups in total. The predicted molar refractivity (Wildman–Crippen MR) is 88.0 cm³/mol. The van der Waals surface area contributed by atoms with E-state index in [-0.39, 0.29) is 11.8 Å². The second kappa shape index (κ2) is 8.75. The van der Waals surface area contributed by atoms with Crippen LogP contribution in [0.3, 0.4) is 0 Å². The molecule has 22 heavy (non-hydrogen) atoms. The quantitative estimate of drug-likeness (QED) is 0.736. The molecule has 1 aromatic carbocycles. The molecule has 0 saturated carbocycles. The molecule has 0 aliphatic rings. The fraction of sp³-hybridized carbons (Fsp3) is 0.533. The third-order valence-corrected chi connectivity index (χ3v) is 5.24. The Balaban J connectivity index is 2.28. The largest absolute Gasteiger partial charge is 0.338 e. The van der Waals surface area contributed by atoms with Gasteiger partial charge in [0.15, 0.2) is 0 Å². The van der Waals surface area contributed by atoms with Gasteiger partial charge >= 0.3 is 6.03 Å². The van der Waals surface area contributed by atoms with Crippen molar-refractivity contribution < 1.29 is 13.2 Å². The third kappa shape index (κ3) is 6.03. The van der Waals surface area contributed by atoms with Crippen LogP contribution < -0.4 is 5.32 Å². The standard InChI is InChI=1S/C15H25N3O3S/c1-4-22(20,21)18(3)12-8-11-16-15(19)17(2)13-14-9-6-5-7-10-14/h5-7,9-10H,4,8,11-13H2,1-3H3,(H,16,19). The van der Waals surface area contributed by atoms with Crippen molar-refractivity contribution in [2.75, 3.05) is 32.9 Å². The van der Waals surface area contributed by atoms with Crippen LogP contribution in [-0.2, 0) is 16.6 Å². The van der Waals surface area contributed by atoms with Crippen LogP contribution in [0.5, 0.6) is 0 Å². The Labute approximate surface area is 133 Å². The molecule has 0 atom stereocenters. The summed E-state index contributed by atoms with van der Waals surface area (Å²) in [5, 5.41) is 2.79. The van der Waals surface area contributed by atoms with Crippen LogP contribution >= 0.6 is 0 Å². The second-order valence-electron chi connectivity index (χ2n) is 5.15. The van der Waals surface area contributed by atoms with Gasteiger partial charge in [0.05, 0.1) is 5.75 Å². The molecule has 0 aliphatic carbocycles. The zero-order valence-electron chi connectivity index (χ0n) is 13.4. The number of carbonyl (C=O) groups excluding carboxylic acids is 1. The van der Waals surface area contributed by atoms with E-state index in [0.717, 1.165) is 5.56 Å². The Hall–Kier alpha value is -1.60. The Bertz CT molecular complexity index is 561. The SMILES string of the molecule is CCS(=O)(=O)N(C)CCCNC(=O)N(C)Cc1ccccc1. The highest BCUT2D eigenvalue weighted by molar-refractivity contribution is 7.89. The van der Waals surface area contributed by atoms with Gasteiger partial charge in [-0.15, -0.1) is 0 Å². The molecule has 0 heterocycles. The number of hydrogen-bond donors (Lipinski definition) is 1. The smallest absolute Gasteiger partial charge is 0.317 e. The molecule has 0 saturated heterocycles. The number of nitrogens with one attached hydrogen (secondary N) is 1. The number of sulfonamides is 1. The molecule has 7 heteroatoms. The zero-order valence-corrected chi connectivity index (χ0v) is 14.3. The van der Waals surface area contributed by atoms with Crippen molar-refractivity contribution >= 4 is 16.1 Å². The maximum Gasteiger partial charge on any atom is 0.317 e. The van der Waals surface area contributed by atoms with E-state index < -0.39 is 10.0 Å². The van der Waals surface area contributed by atoms with Crippen molar-refractivity contribution in [1.29, 1.82) is 0 Å². The van der Waals surface area contributed by atoms with Gasteiger partial charge in [-0.2, -0.15) is 0 Å². The van der Waals surface area contributed by atoms with Gasteiger partial charge in [0.25, 0.3) is 0 Å². The Morgan fingerprint density at radius 2 is 1.82 bits per heavy atom. The summed E-state index contributed by atoms with van der Waals surface area (Å²) in [6.07, 6.45) is 0.584. The first-order valence-corrected chi connectivity index (χ1v) is 8.94. The average Bonchev–Trinajstić information content (AvgIpc) is 2.51. The topological polar surface area (TPSA) is 69.7 Å². The van der Waals surface area contributed by atoms with Crippen molar-refractivity contribution in [1.82, 2.24) is 14.5 Å². The molecule has 1 aromatic rings. The summed E-state index contributed by atoms with van der Waals surface area (Å²) in [6.45, 7) is 3.00. The Kier molecular flexibility index (Phi) is 7.34.